The maximum absolute atomic E-state index is 9.38. The fraction of sp³-hybridized carbons (Fsp3) is 0.211. The summed E-state index contributed by atoms with van der Waals surface area (Å²) in [5.74, 6) is 0.705. The summed E-state index contributed by atoms with van der Waals surface area (Å²) < 4.78 is 13.6. The van der Waals surface area contributed by atoms with Crippen LogP contribution >= 0.6 is 15.9 Å². The van der Waals surface area contributed by atoms with Gasteiger partial charge in [0.2, 0.25) is 0 Å². The van der Waals surface area contributed by atoms with Crippen LogP contribution in [0.15, 0.2) is 59.3 Å². The number of hydrogen-bond donors (Lipinski definition) is 1. The lowest BCUT2D eigenvalue weighted by Gasteiger charge is -2.16. The molecule has 2 aromatic carbocycles. The first kappa shape index (κ1) is 17.7. The zero-order valence-corrected chi connectivity index (χ0v) is 15.4. The first-order valence-electron chi connectivity index (χ1n) is 7.88. The lowest BCUT2D eigenvalue weighted by Crippen LogP contribution is -2.03. The van der Waals surface area contributed by atoms with Crippen LogP contribution in [0.1, 0.15) is 5.56 Å². The summed E-state index contributed by atoms with van der Waals surface area (Å²) >= 11 is 3.49. The van der Waals surface area contributed by atoms with E-state index in [1.165, 1.54) is 0 Å². The highest BCUT2D eigenvalue weighted by atomic mass is 79.9. The molecule has 5 nitrogen and oxygen atoms in total. The quantitative estimate of drug-likeness (QED) is 0.610. The summed E-state index contributed by atoms with van der Waals surface area (Å²) in [4.78, 5) is 0. The van der Waals surface area contributed by atoms with Gasteiger partial charge in [0.25, 0.3) is 0 Å². The number of hydrogen-bond acceptors (Lipinski definition) is 4. The highest BCUT2D eigenvalue weighted by Gasteiger charge is 2.13. The Morgan fingerprint density at radius 1 is 1.16 bits per heavy atom. The second kappa shape index (κ2) is 8.29. The van der Waals surface area contributed by atoms with E-state index in [2.05, 4.69) is 21.0 Å². The van der Waals surface area contributed by atoms with Gasteiger partial charge in [0.15, 0.2) is 6.79 Å². The van der Waals surface area contributed by atoms with E-state index in [0.29, 0.717) is 12.2 Å². The minimum atomic E-state index is 0.0864. The molecule has 0 fully saturated rings. The summed E-state index contributed by atoms with van der Waals surface area (Å²) in [5.41, 5.74) is 3.92. The normalized spacial score (nSPS) is 10.8. The summed E-state index contributed by atoms with van der Waals surface area (Å²) in [7, 11) is 1.59. The van der Waals surface area contributed by atoms with Crippen LogP contribution in [0, 0.1) is 0 Å². The number of aliphatic hydroxyl groups excluding tert-OH is 1. The molecule has 0 atom stereocenters. The molecule has 0 spiro atoms. The van der Waals surface area contributed by atoms with Gasteiger partial charge in [-0.1, -0.05) is 22.0 Å². The minimum absolute atomic E-state index is 0.0864. The lowest BCUT2D eigenvalue weighted by atomic mass is 9.97. The first-order chi connectivity index (χ1) is 12.2. The molecule has 130 valence electrons. The van der Waals surface area contributed by atoms with Crippen LogP contribution in [-0.4, -0.2) is 35.4 Å². The zero-order chi connectivity index (χ0) is 17.6. The van der Waals surface area contributed by atoms with Crippen LogP contribution in [-0.2, 0) is 11.2 Å². The van der Waals surface area contributed by atoms with E-state index in [0.717, 1.165) is 26.9 Å². The van der Waals surface area contributed by atoms with Crippen LogP contribution in [0.4, 0.5) is 0 Å². The van der Waals surface area contributed by atoms with Crippen LogP contribution in [0.3, 0.4) is 0 Å². The van der Waals surface area contributed by atoms with E-state index in [1.54, 1.807) is 18.0 Å². The smallest absolute Gasteiger partial charge is 0.188 e. The highest BCUT2D eigenvalue weighted by Crippen LogP contribution is 2.35. The Balaban J connectivity index is 2.08. The summed E-state index contributed by atoms with van der Waals surface area (Å²) in [6, 6.07) is 13.8. The molecule has 0 bridgehead atoms. The monoisotopic (exact) mass is 402 g/mol. The molecule has 0 saturated carbocycles. The molecule has 6 heteroatoms. The fourth-order valence-electron chi connectivity index (χ4n) is 2.69. The third-order valence-corrected chi connectivity index (χ3v) is 4.30. The number of halogens is 1. The molecule has 0 amide bonds. The Kier molecular flexibility index (Phi) is 5.86. The molecule has 1 N–H and O–H groups in total. The molecule has 3 aromatic rings. The van der Waals surface area contributed by atoms with Gasteiger partial charge in [0.05, 0.1) is 5.69 Å². The van der Waals surface area contributed by atoms with Crippen molar-refractivity contribution in [3.63, 3.8) is 0 Å². The van der Waals surface area contributed by atoms with E-state index < -0.39 is 0 Å². The van der Waals surface area contributed by atoms with Gasteiger partial charge in [-0.15, -0.1) is 0 Å². The van der Waals surface area contributed by atoms with Crippen LogP contribution in [0.5, 0.6) is 5.75 Å². The van der Waals surface area contributed by atoms with Crippen molar-refractivity contribution in [1.29, 1.82) is 0 Å². The van der Waals surface area contributed by atoms with Gasteiger partial charge in [-0.25, -0.2) is 4.68 Å². The standard InChI is InChI=1S/C19H19BrN2O3/c1-24-13-25-19-12-16(22-9-2-8-21-22)4-6-18(19)17-5-3-15(20)11-14(17)7-10-23/h2-6,8-9,11-12,23H,7,10,13H2,1H3. The van der Waals surface area contributed by atoms with Crippen LogP contribution in [0.25, 0.3) is 16.8 Å². The minimum Gasteiger partial charge on any atom is -0.467 e. The molecule has 1 heterocycles. The Bertz CT molecular complexity index is 835. The Hall–Kier alpha value is -2.15. The molecule has 25 heavy (non-hydrogen) atoms. The molecule has 0 saturated heterocycles. The van der Waals surface area contributed by atoms with Crippen molar-refractivity contribution in [3.8, 4) is 22.6 Å². The van der Waals surface area contributed by atoms with E-state index in [4.69, 9.17) is 9.47 Å². The molecular formula is C19H19BrN2O3. The van der Waals surface area contributed by atoms with Crippen molar-refractivity contribution < 1.29 is 14.6 Å². The SMILES string of the molecule is COCOc1cc(-n2cccn2)ccc1-c1ccc(Br)cc1CCO. The largest absolute Gasteiger partial charge is 0.467 e. The molecule has 0 aliphatic carbocycles. The number of aromatic nitrogens is 2. The van der Waals surface area contributed by atoms with Gasteiger partial charge in [-0.2, -0.15) is 5.10 Å². The Labute approximate surface area is 155 Å². The third kappa shape index (κ3) is 4.10. The van der Waals surface area contributed by atoms with Crippen LogP contribution < -0.4 is 4.74 Å². The second-order valence-corrected chi connectivity index (χ2v) is 6.37. The maximum Gasteiger partial charge on any atom is 0.188 e. The highest BCUT2D eigenvalue weighted by molar-refractivity contribution is 9.10. The van der Waals surface area contributed by atoms with Crippen molar-refractivity contribution >= 4 is 15.9 Å². The number of benzene rings is 2. The van der Waals surface area contributed by atoms with Crippen molar-refractivity contribution in [3.05, 3.63) is 64.9 Å². The van der Waals surface area contributed by atoms with Crippen molar-refractivity contribution in [1.82, 2.24) is 9.78 Å². The third-order valence-electron chi connectivity index (χ3n) is 3.81. The topological polar surface area (TPSA) is 56.5 Å². The average Bonchev–Trinajstić information content (AvgIpc) is 3.15. The number of methoxy groups -OCH3 is 1. The number of rotatable bonds is 7. The molecule has 0 radical (unpaired) electrons. The maximum atomic E-state index is 9.38. The molecular weight excluding hydrogens is 384 g/mol. The molecule has 3 rings (SSSR count). The number of nitrogens with zero attached hydrogens (tertiary/aromatic N) is 2. The Morgan fingerprint density at radius 2 is 2.00 bits per heavy atom. The van der Waals surface area contributed by atoms with Crippen molar-refractivity contribution in [2.45, 2.75) is 6.42 Å². The number of aliphatic hydroxyl groups is 1. The van der Waals surface area contributed by atoms with Gasteiger partial charge in [0.1, 0.15) is 5.75 Å². The second-order valence-electron chi connectivity index (χ2n) is 5.46. The van der Waals surface area contributed by atoms with E-state index >= 15 is 0 Å². The summed E-state index contributed by atoms with van der Waals surface area (Å²) in [6.45, 7) is 0.241. The lowest BCUT2D eigenvalue weighted by molar-refractivity contribution is 0.0515. The van der Waals surface area contributed by atoms with E-state index in [9.17, 15) is 5.11 Å². The van der Waals surface area contributed by atoms with Crippen LogP contribution in [0.2, 0.25) is 0 Å². The van der Waals surface area contributed by atoms with E-state index in [-0.39, 0.29) is 13.4 Å². The van der Waals surface area contributed by atoms with E-state index in [1.807, 2.05) is 48.7 Å². The van der Waals surface area contributed by atoms with Gasteiger partial charge < -0.3 is 14.6 Å². The molecule has 1 aromatic heterocycles. The molecule has 0 aliphatic heterocycles. The molecule has 0 unspecified atom stereocenters. The predicted octanol–water partition coefficient (Wildman–Crippen LogP) is 3.82. The predicted molar refractivity (Wildman–Crippen MR) is 100.0 cm³/mol. The Morgan fingerprint density at radius 3 is 2.72 bits per heavy atom. The summed E-state index contributed by atoms with van der Waals surface area (Å²) in [6.07, 6.45) is 4.18. The summed E-state index contributed by atoms with van der Waals surface area (Å²) in [5, 5.41) is 13.6. The average molecular weight is 403 g/mol. The van der Waals surface area contributed by atoms with Crippen molar-refractivity contribution in [2.24, 2.45) is 0 Å². The van der Waals surface area contributed by atoms with Gasteiger partial charge in [-0.3, -0.25) is 0 Å². The van der Waals surface area contributed by atoms with Crippen molar-refractivity contribution in [2.75, 3.05) is 20.5 Å². The van der Waals surface area contributed by atoms with Gasteiger partial charge >= 0.3 is 0 Å². The zero-order valence-electron chi connectivity index (χ0n) is 13.9. The molecule has 0 aliphatic rings. The fourth-order valence-corrected chi connectivity index (χ4v) is 3.10. The van der Waals surface area contributed by atoms with Gasteiger partial charge in [0, 0.05) is 42.2 Å². The number of ether oxygens (including phenoxy) is 2. The first-order valence-corrected chi connectivity index (χ1v) is 8.67. The van der Waals surface area contributed by atoms with Gasteiger partial charge in [-0.05, 0) is 47.9 Å².